The maximum Gasteiger partial charge on any atom is 0.271 e. The Bertz CT molecular complexity index is 905. The summed E-state index contributed by atoms with van der Waals surface area (Å²) in [6.07, 6.45) is 0.424. The second-order valence-corrected chi connectivity index (χ2v) is 6.67. The van der Waals surface area contributed by atoms with Crippen LogP contribution in [0.3, 0.4) is 0 Å². The van der Waals surface area contributed by atoms with Gasteiger partial charge in [0.05, 0.1) is 10.6 Å². The minimum atomic E-state index is -0.489. The molecule has 0 bridgehead atoms. The number of nitro groups is 1. The van der Waals surface area contributed by atoms with Gasteiger partial charge in [0, 0.05) is 35.4 Å². The standard InChI is InChI=1S/C20H22N4O4/c1-13(2)11-19(25)21-17-9-7-15(8-10-17)20(26)23-22-14(3)16-5-4-6-18(12-16)24(27)28/h4-10,12-13H,11H2,1-3H3,(H,21,25)(H,23,26)/b22-14+. The second-order valence-electron chi connectivity index (χ2n) is 6.67. The summed E-state index contributed by atoms with van der Waals surface area (Å²) in [6.45, 7) is 5.57. The van der Waals surface area contributed by atoms with Crippen LogP contribution in [-0.2, 0) is 4.79 Å². The second kappa shape index (κ2) is 9.40. The lowest BCUT2D eigenvalue weighted by Crippen LogP contribution is -2.19. The molecule has 2 amide bonds. The normalized spacial score (nSPS) is 11.2. The van der Waals surface area contributed by atoms with Gasteiger partial charge in [-0.3, -0.25) is 19.7 Å². The largest absolute Gasteiger partial charge is 0.326 e. The van der Waals surface area contributed by atoms with E-state index in [1.165, 1.54) is 12.1 Å². The molecule has 0 atom stereocenters. The molecule has 0 fully saturated rings. The average molecular weight is 382 g/mol. The van der Waals surface area contributed by atoms with Gasteiger partial charge in [-0.05, 0) is 37.1 Å². The summed E-state index contributed by atoms with van der Waals surface area (Å²) in [5.74, 6) is -0.244. The van der Waals surface area contributed by atoms with Gasteiger partial charge >= 0.3 is 0 Å². The number of nitrogens with one attached hydrogen (secondary N) is 2. The first-order valence-corrected chi connectivity index (χ1v) is 8.75. The maximum atomic E-state index is 12.2. The zero-order valence-electron chi connectivity index (χ0n) is 15.9. The summed E-state index contributed by atoms with van der Waals surface area (Å²) in [7, 11) is 0. The van der Waals surface area contributed by atoms with Crippen molar-refractivity contribution < 1.29 is 14.5 Å². The van der Waals surface area contributed by atoms with Crippen LogP contribution in [0.15, 0.2) is 53.6 Å². The molecule has 2 aromatic carbocycles. The first kappa shape index (κ1) is 20.8. The Morgan fingerprint density at radius 3 is 2.39 bits per heavy atom. The first-order chi connectivity index (χ1) is 13.3. The molecule has 8 nitrogen and oxygen atoms in total. The Morgan fingerprint density at radius 1 is 1.11 bits per heavy atom. The van der Waals surface area contributed by atoms with Crippen molar-refractivity contribution in [3.05, 3.63) is 69.8 Å². The van der Waals surface area contributed by atoms with Gasteiger partial charge in [-0.2, -0.15) is 5.10 Å². The molecule has 0 aliphatic carbocycles. The quantitative estimate of drug-likeness (QED) is 0.431. The molecule has 0 heterocycles. The Labute approximate surface area is 162 Å². The summed E-state index contributed by atoms with van der Waals surface area (Å²) < 4.78 is 0. The zero-order chi connectivity index (χ0) is 20.7. The minimum Gasteiger partial charge on any atom is -0.326 e. The van der Waals surface area contributed by atoms with Crippen molar-refractivity contribution in [3.8, 4) is 0 Å². The van der Waals surface area contributed by atoms with E-state index in [2.05, 4.69) is 15.8 Å². The van der Waals surface area contributed by atoms with E-state index in [0.29, 0.717) is 28.9 Å². The van der Waals surface area contributed by atoms with Gasteiger partial charge in [-0.25, -0.2) is 5.43 Å². The lowest BCUT2D eigenvalue weighted by atomic mass is 10.1. The van der Waals surface area contributed by atoms with Crippen LogP contribution in [0, 0.1) is 16.0 Å². The third kappa shape index (κ3) is 6.01. The van der Waals surface area contributed by atoms with Crippen molar-refractivity contribution in [2.75, 3.05) is 5.32 Å². The molecule has 0 aliphatic rings. The SMILES string of the molecule is C/C(=N\NC(=O)c1ccc(NC(=O)CC(C)C)cc1)c1cccc([N+](=O)[O-])c1. The molecule has 2 rings (SSSR count). The van der Waals surface area contributed by atoms with Crippen LogP contribution in [0.2, 0.25) is 0 Å². The number of hydrogen-bond acceptors (Lipinski definition) is 5. The molecule has 0 spiro atoms. The fraction of sp³-hybridized carbons (Fsp3) is 0.250. The molecule has 0 radical (unpaired) electrons. The number of hydrazone groups is 1. The van der Waals surface area contributed by atoms with Gasteiger partial charge in [-0.15, -0.1) is 0 Å². The predicted octanol–water partition coefficient (Wildman–Crippen LogP) is 3.73. The van der Waals surface area contributed by atoms with Crippen LogP contribution < -0.4 is 10.7 Å². The van der Waals surface area contributed by atoms with Crippen LogP contribution in [0.1, 0.15) is 43.1 Å². The molecule has 2 aromatic rings. The number of amides is 2. The van der Waals surface area contributed by atoms with E-state index in [0.717, 1.165) is 0 Å². The van der Waals surface area contributed by atoms with Crippen molar-refractivity contribution in [3.63, 3.8) is 0 Å². The highest BCUT2D eigenvalue weighted by Gasteiger charge is 2.10. The molecule has 146 valence electrons. The number of benzene rings is 2. The highest BCUT2D eigenvalue weighted by atomic mass is 16.6. The van der Waals surface area contributed by atoms with Crippen molar-refractivity contribution in [2.24, 2.45) is 11.0 Å². The smallest absolute Gasteiger partial charge is 0.271 e. The average Bonchev–Trinajstić information content (AvgIpc) is 2.65. The zero-order valence-corrected chi connectivity index (χ0v) is 15.9. The predicted molar refractivity (Wildman–Crippen MR) is 107 cm³/mol. The molecule has 2 N–H and O–H groups in total. The third-order valence-electron chi connectivity index (χ3n) is 3.82. The molecule has 0 aliphatic heterocycles. The van der Waals surface area contributed by atoms with Gasteiger partial charge in [0.15, 0.2) is 0 Å². The lowest BCUT2D eigenvalue weighted by molar-refractivity contribution is -0.384. The summed E-state index contributed by atoms with van der Waals surface area (Å²) in [4.78, 5) is 34.3. The van der Waals surface area contributed by atoms with Crippen LogP contribution in [0.5, 0.6) is 0 Å². The van der Waals surface area contributed by atoms with E-state index >= 15 is 0 Å². The number of anilines is 1. The van der Waals surface area contributed by atoms with Crippen LogP contribution in [-0.4, -0.2) is 22.4 Å². The van der Waals surface area contributed by atoms with E-state index in [4.69, 9.17) is 0 Å². The highest BCUT2D eigenvalue weighted by molar-refractivity contribution is 6.01. The molecule has 0 unspecified atom stereocenters. The number of nitrogens with zero attached hydrogens (tertiary/aromatic N) is 2. The molecular weight excluding hydrogens is 360 g/mol. The number of non-ortho nitro benzene ring substituents is 1. The molecule has 8 heteroatoms. The van der Waals surface area contributed by atoms with Crippen molar-refractivity contribution >= 4 is 28.9 Å². The Kier molecular flexibility index (Phi) is 6.97. The van der Waals surface area contributed by atoms with E-state index in [1.54, 1.807) is 43.3 Å². The van der Waals surface area contributed by atoms with Crippen molar-refractivity contribution in [2.45, 2.75) is 27.2 Å². The Hall–Kier alpha value is -3.55. The van der Waals surface area contributed by atoms with Crippen molar-refractivity contribution in [1.82, 2.24) is 5.43 Å². The number of hydrogen-bond donors (Lipinski definition) is 2. The van der Waals surface area contributed by atoms with Crippen LogP contribution >= 0.6 is 0 Å². The molecule has 0 aromatic heterocycles. The Balaban J connectivity index is 2.00. The third-order valence-corrected chi connectivity index (χ3v) is 3.82. The van der Waals surface area contributed by atoms with Crippen LogP contribution in [0.4, 0.5) is 11.4 Å². The number of carbonyl (C=O) groups excluding carboxylic acids is 2. The van der Waals surface area contributed by atoms with E-state index in [9.17, 15) is 19.7 Å². The molecule has 0 saturated carbocycles. The fourth-order valence-electron chi connectivity index (χ4n) is 2.40. The summed E-state index contributed by atoms with van der Waals surface area (Å²) >= 11 is 0. The number of nitro benzene ring substituents is 1. The minimum absolute atomic E-state index is 0.0477. The van der Waals surface area contributed by atoms with Gasteiger partial charge in [0.2, 0.25) is 5.91 Å². The summed E-state index contributed by atoms with van der Waals surface area (Å²) in [5, 5.41) is 17.6. The van der Waals surface area contributed by atoms with Gasteiger partial charge < -0.3 is 5.32 Å². The van der Waals surface area contributed by atoms with Crippen LogP contribution in [0.25, 0.3) is 0 Å². The molecule has 28 heavy (non-hydrogen) atoms. The summed E-state index contributed by atoms with van der Waals surface area (Å²) in [6, 6.07) is 12.5. The van der Waals surface area contributed by atoms with Crippen molar-refractivity contribution in [1.29, 1.82) is 0 Å². The maximum absolute atomic E-state index is 12.2. The molecular formula is C20H22N4O4. The van der Waals surface area contributed by atoms with E-state index in [-0.39, 0.29) is 17.5 Å². The first-order valence-electron chi connectivity index (χ1n) is 8.75. The van der Waals surface area contributed by atoms with E-state index in [1.807, 2.05) is 13.8 Å². The van der Waals surface area contributed by atoms with Gasteiger partial charge in [0.1, 0.15) is 0 Å². The fourth-order valence-corrected chi connectivity index (χ4v) is 2.40. The number of rotatable bonds is 7. The van der Waals surface area contributed by atoms with Gasteiger partial charge in [0.25, 0.3) is 11.6 Å². The van der Waals surface area contributed by atoms with Gasteiger partial charge in [-0.1, -0.05) is 26.0 Å². The Morgan fingerprint density at radius 2 is 1.79 bits per heavy atom. The van der Waals surface area contributed by atoms with E-state index < -0.39 is 10.8 Å². The lowest BCUT2D eigenvalue weighted by Gasteiger charge is -2.08. The highest BCUT2D eigenvalue weighted by Crippen LogP contribution is 2.14. The number of carbonyl (C=O) groups is 2. The topological polar surface area (TPSA) is 114 Å². The summed E-state index contributed by atoms with van der Waals surface area (Å²) in [5.41, 5.74) is 4.34. The molecule has 0 saturated heterocycles. The monoisotopic (exact) mass is 382 g/mol.